The highest BCUT2D eigenvalue weighted by Crippen LogP contribution is 2.14. The van der Waals surface area contributed by atoms with Crippen molar-refractivity contribution >= 4 is 28.4 Å². The van der Waals surface area contributed by atoms with Crippen LogP contribution >= 0.6 is 0 Å². The van der Waals surface area contributed by atoms with Crippen molar-refractivity contribution in [3.05, 3.63) is 59.0 Å². The van der Waals surface area contributed by atoms with Crippen LogP contribution in [-0.2, 0) is 0 Å². The van der Waals surface area contributed by atoms with Crippen LogP contribution in [0.1, 0.15) is 0 Å². The lowest BCUT2D eigenvalue weighted by atomic mass is 10.3. The van der Waals surface area contributed by atoms with Gasteiger partial charge in [-0.25, -0.2) is 14.2 Å². The van der Waals surface area contributed by atoms with E-state index in [1.54, 1.807) is 42.5 Å². The SMILES string of the molecule is Nc1ccc2c(c1)[nH]c(=O)n2C(=O)Nc1ccccc1. The number of nitrogen functional groups attached to an aromatic ring is 1. The molecule has 3 rings (SSSR count). The van der Waals surface area contributed by atoms with Gasteiger partial charge in [-0.3, -0.25) is 0 Å². The van der Waals surface area contributed by atoms with Crippen molar-refractivity contribution in [1.82, 2.24) is 9.55 Å². The lowest BCUT2D eigenvalue weighted by Gasteiger charge is -2.05. The molecule has 0 fully saturated rings. The fraction of sp³-hybridized carbons (Fsp3) is 0. The standard InChI is InChI=1S/C14H12N4O2/c15-9-6-7-12-11(8-9)17-14(20)18(12)13(19)16-10-4-2-1-3-5-10/h1-8H,15H2,(H,16,19)(H,17,20). The molecular formula is C14H12N4O2. The number of aromatic nitrogens is 2. The summed E-state index contributed by atoms with van der Waals surface area (Å²) in [7, 11) is 0. The van der Waals surface area contributed by atoms with Gasteiger partial charge in [0, 0.05) is 11.4 Å². The van der Waals surface area contributed by atoms with Gasteiger partial charge in [-0.1, -0.05) is 18.2 Å². The van der Waals surface area contributed by atoms with Crippen LogP contribution in [-0.4, -0.2) is 15.6 Å². The van der Waals surface area contributed by atoms with E-state index in [-0.39, 0.29) is 0 Å². The molecule has 0 unspecified atom stereocenters. The Kier molecular flexibility index (Phi) is 2.76. The molecule has 2 aromatic carbocycles. The third-order valence-corrected chi connectivity index (χ3v) is 2.93. The van der Waals surface area contributed by atoms with E-state index in [2.05, 4.69) is 10.3 Å². The van der Waals surface area contributed by atoms with Gasteiger partial charge >= 0.3 is 11.7 Å². The number of fused-ring (bicyclic) bond motifs is 1. The summed E-state index contributed by atoms with van der Waals surface area (Å²) in [6.45, 7) is 0. The summed E-state index contributed by atoms with van der Waals surface area (Å²) in [5.41, 5.74) is 7.30. The highest BCUT2D eigenvalue weighted by atomic mass is 16.2. The molecule has 6 nitrogen and oxygen atoms in total. The van der Waals surface area contributed by atoms with Crippen LogP contribution in [0, 0.1) is 0 Å². The summed E-state index contributed by atoms with van der Waals surface area (Å²) in [6.07, 6.45) is 0. The molecule has 0 saturated carbocycles. The maximum Gasteiger partial charge on any atom is 0.334 e. The molecule has 4 N–H and O–H groups in total. The molecular weight excluding hydrogens is 256 g/mol. The number of benzene rings is 2. The summed E-state index contributed by atoms with van der Waals surface area (Å²) in [4.78, 5) is 26.7. The van der Waals surface area contributed by atoms with Crippen molar-refractivity contribution in [1.29, 1.82) is 0 Å². The fourth-order valence-corrected chi connectivity index (χ4v) is 2.03. The number of carbonyl (C=O) groups excluding carboxylic acids is 1. The van der Waals surface area contributed by atoms with E-state index in [1.165, 1.54) is 0 Å². The number of aromatic amines is 1. The van der Waals surface area contributed by atoms with Gasteiger partial charge in [0.2, 0.25) is 0 Å². The lowest BCUT2D eigenvalue weighted by molar-refractivity contribution is 0.253. The molecule has 1 amide bonds. The molecule has 1 heterocycles. The number of nitrogens with one attached hydrogen (secondary N) is 2. The number of nitrogens with zero attached hydrogens (tertiary/aromatic N) is 1. The van der Waals surface area contributed by atoms with Crippen LogP contribution in [0.5, 0.6) is 0 Å². The van der Waals surface area contributed by atoms with Gasteiger partial charge in [0.25, 0.3) is 0 Å². The Morgan fingerprint density at radius 2 is 1.90 bits per heavy atom. The van der Waals surface area contributed by atoms with E-state index < -0.39 is 11.7 Å². The van der Waals surface area contributed by atoms with E-state index in [0.29, 0.717) is 22.4 Å². The second-order valence-electron chi connectivity index (χ2n) is 4.34. The Labute approximate surface area is 113 Å². The van der Waals surface area contributed by atoms with E-state index in [0.717, 1.165) is 4.57 Å². The topological polar surface area (TPSA) is 92.9 Å². The number of hydrogen-bond donors (Lipinski definition) is 3. The predicted molar refractivity (Wildman–Crippen MR) is 77.8 cm³/mol. The molecule has 0 aliphatic rings. The molecule has 0 spiro atoms. The Bertz CT molecular complexity index is 833. The highest BCUT2D eigenvalue weighted by molar-refractivity contribution is 5.97. The molecule has 0 radical (unpaired) electrons. The van der Waals surface area contributed by atoms with Gasteiger partial charge in [0.15, 0.2) is 0 Å². The van der Waals surface area contributed by atoms with Crippen molar-refractivity contribution in [2.24, 2.45) is 0 Å². The number of rotatable bonds is 1. The van der Waals surface area contributed by atoms with Gasteiger partial charge in [-0.05, 0) is 30.3 Å². The zero-order chi connectivity index (χ0) is 14.1. The van der Waals surface area contributed by atoms with Crippen LogP contribution in [0.15, 0.2) is 53.3 Å². The number of amides is 1. The quantitative estimate of drug-likeness (QED) is 0.589. The molecule has 100 valence electrons. The van der Waals surface area contributed by atoms with Gasteiger partial charge in [0.05, 0.1) is 11.0 Å². The molecule has 0 atom stereocenters. The van der Waals surface area contributed by atoms with Crippen LogP contribution in [0.3, 0.4) is 0 Å². The average Bonchev–Trinajstić information content (AvgIpc) is 2.74. The van der Waals surface area contributed by atoms with Crippen molar-refractivity contribution in [2.45, 2.75) is 0 Å². The summed E-state index contributed by atoms with van der Waals surface area (Å²) < 4.78 is 1.04. The molecule has 3 aromatic rings. The number of H-pyrrole nitrogens is 1. The second-order valence-corrected chi connectivity index (χ2v) is 4.34. The highest BCUT2D eigenvalue weighted by Gasteiger charge is 2.13. The molecule has 1 aromatic heterocycles. The summed E-state index contributed by atoms with van der Waals surface area (Å²) in [5, 5.41) is 2.66. The van der Waals surface area contributed by atoms with Crippen molar-refractivity contribution in [2.75, 3.05) is 11.1 Å². The van der Waals surface area contributed by atoms with Crippen LogP contribution < -0.4 is 16.7 Å². The first kappa shape index (κ1) is 12.0. The Morgan fingerprint density at radius 1 is 1.15 bits per heavy atom. The van der Waals surface area contributed by atoms with E-state index in [1.807, 2.05) is 6.07 Å². The summed E-state index contributed by atoms with van der Waals surface area (Å²) in [5.74, 6) is 0. The first-order chi connectivity index (χ1) is 9.65. The van der Waals surface area contributed by atoms with Gasteiger partial charge in [0.1, 0.15) is 0 Å². The van der Waals surface area contributed by atoms with Crippen molar-refractivity contribution in [3.8, 4) is 0 Å². The minimum atomic E-state index is -0.516. The first-order valence-corrected chi connectivity index (χ1v) is 6.02. The monoisotopic (exact) mass is 268 g/mol. The van der Waals surface area contributed by atoms with Gasteiger partial charge in [-0.15, -0.1) is 0 Å². The molecule has 0 aliphatic heterocycles. The molecule has 0 bridgehead atoms. The number of hydrogen-bond acceptors (Lipinski definition) is 3. The lowest BCUT2D eigenvalue weighted by Crippen LogP contribution is -2.29. The Balaban J connectivity index is 2.04. The Hall–Kier alpha value is -3.02. The van der Waals surface area contributed by atoms with Gasteiger partial charge in [-0.2, -0.15) is 0 Å². The fourth-order valence-electron chi connectivity index (χ4n) is 2.03. The normalized spacial score (nSPS) is 10.6. The zero-order valence-corrected chi connectivity index (χ0v) is 10.5. The van der Waals surface area contributed by atoms with Crippen LogP contribution in [0.25, 0.3) is 11.0 Å². The molecule has 20 heavy (non-hydrogen) atoms. The van der Waals surface area contributed by atoms with Crippen LogP contribution in [0.4, 0.5) is 16.2 Å². The van der Waals surface area contributed by atoms with E-state index in [4.69, 9.17) is 5.73 Å². The average molecular weight is 268 g/mol. The number of para-hydroxylation sites is 1. The predicted octanol–water partition coefficient (Wildman–Crippen LogP) is 1.99. The summed E-state index contributed by atoms with van der Waals surface area (Å²) >= 11 is 0. The van der Waals surface area contributed by atoms with Crippen molar-refractivity contribution < 1.29 is 4.79 Å². The smallest absolute Gasteiger partial charge is 0.334 e. The molecule has 0 aliphatic carbocycles. The number of imidazole rings is 1. The number of carbonyl (C=O) groups is 1. The number of nitrogens with two attached hydrogens (primary N) is 1. The first-order valence-electron chi connectivity index (χ1n) is 6.02. The second kappa shape index (κ2) is 4.58. The minimum absolute atomic E-state index is 0.484. The maximum absolute atomic E-state index is 12.2. The largest absolute Gasteiger partial charge is 0.399 e. The third kappa shape index (κ3) is 2.03. The van der Waals surface area contributed by atoms with E-state index in [9.17, 15) is 9.59 Å². The minimum Gasteiger partial charge on any atom is -0.399 e. The zero-order valence-electron chi connectivity index (χ0n) is 10.5. The maximum atomic E-state index is 12.2. The summed E-state index contributed by atoms with van der Waals surface area (Å²) in [6, 6.07) is 13.3. The van der Waals surface area contributed by atoms with E-state index >= 15 is 0 Å². The molecule has 6 heteroatoms. The van der Waals surface area contributed by atoms with Gasteiger partial charge < -0.3 is 16.0 Å². The molecule has 0 saturated heterocycles. The van der Waals surface area contributed by atoms with Crippen LogP contribution in [0.2, 0.25) is 0 Å². The van der Waals surface area contributed by atoms with Crippen molar-refractivity contribution in [3.63, 3.8) is 0 Å². The number of anilines is 2. The Morgan fingerprint density at radius 3 is 2.65 bits per heavy atom. The third-order valence-electron chi connectivity index (χ3n) is 2.93.